The number of carbonyl (C=O) groups is 2. The summed E-state index contributed by atoms with van der Waals surface area (Å²) < 4.78 is 25.8. The SMILES string of the molecule is CCNC(=O)[C@@H](C)NC(=O)CN(C)S(=O)(=O)c1ccc(Cl)s1. The number of amides is 2. The van der Waals surface area contributed by atoms with Crippen LogP contribution >= 0.6 is 22.9 Å². The molecule has 1 aromatic heterocycles. The minimum Gasteiger partial charge on any atom is -0.355 e. The standard InChI is InChI=1S/C12H18ClN3O4S2/c1-4-14-12(18)8(2)15-10(17)7-16(3)22(19,20)11-6-5-9(13)21-11/h5-6,8H,4,7H2,1-3H3,(H,14,18)(H,15,17)/t8-/m1/s1. The Labute approximate surface area is 138 Å². The lowest BCUT2D eigenvalue weighted by molar-refractivity contribution is -0.128. The monoisotopic (exact) mass is 367 g/mol. The van der Waals surface area contributed by atoms with Crippen molar-refractivity contribution >= 4 is 44.8 Å². The summed E-state index contributed by atoms with van der Waals surface area (Å²) in [6, 6.07) is 2.12. The van der Waals surface area contributed by atoms with Crippen LogP contribution in [-0.4, -0.2) is 50.7 Å². The van der Waals surface area contributed by atoms with Gasteiger partial charge in [0.2, 0.25) is 11.8 Å². The van der Waals surface area contributed by atoms with Crippen molar-refractivity contribution in [3.05, 3.63) is 16.5 Å². The second-order valence-electron chi connectivity index (χ2n) is 4.50. The number of likely N-dealkylation sites (N-methyl/N-ethyl adjacent to an activating group) is 2. The van der Waals surface area contributed by atoms with Crippen molar-refractivity contribution < 1.29 is 18.0 Å². The highest BCUT2D eigenvalue weighted by Crippen LogP contribution is 2.27. The topological polar surface area (TPSA) is 95.6 Å². The zero-order valence-electron chi connectivity index (χ0n) is 12.4. The van der Waals surface area contributed by atoms with Crippen LogP contribution in [-0.2, 0) is 19.6 Å². The number of rotatable bonds is 7. The molecule has 0 aliphatic heterocycles. The van der Waals surface area contributed by atoms with Crippen molar-refractivity contribution in [2.45, 2.75) is 24.1 Å². The van der Waals surface area contributed by atoms with Crippen molar-refractivity contribution in [1.82, 2.24) is 14.9 Å². The molecule has 7 nitrogen and oxygen atoms in total. The summed E-state index contributed by atoms with van der Waals surface area (Å²) in [5.41, 5.74) is 0. The average molecular weight is 368 g/mol. The van der Waals surface area contributed by atoms with Gasteiger partial charge in [0, 0.05) is 13.6 Å². The maximum atomic E-state index is 12.2. The molecule has 0 radical (unpaired) electrons. The van der Waals surface area contributed by atoms with Gasteiger partial charge < -0.3 is 10.6 Å². The lowest BCUT2D eigenvalue weighted by atomic mass is 10.3. The number of thiophene rings is 1. The largest absolute Gasteiger partial charge is 0.355 e. The van der Waals surface area contributed by atoms with Gasteiger partial charge in [0.05, 0.1) is 10.9 Å². The lowest BCUT2D eigenvalue weighted by Gasteiger charge is -2.18. The zero-order valence-corrected chi connectivity index (χ0v) is 14.8. The van der Waals surface area contributed by atoms with E-state index in [0.29, 0.717) is 10.9 Å². The van der Waals surface area contributed by atoms with Crippen LogP contribution in [0.4, 0.5) is 0 Å². The molecule has 1 aromatic rings. The molecule has 0 spiro atoms. The van der Waals surface area contributed by atoms with Crippen molar-refractivity contribution in [3.8, 4) is 0 Å². The van der Waals surface area contributed by atoms with E-state index < -0.39 is 22.0 Å². The van der Waals surface area contributed by atoms with Gasteiger partial charge in [-0.2, -0.15) is 4.31 Å². The Balaban J connectivity index is 2.66. The normalized spacial score (nSPS) is 13.0. The van der Waals surface area contributed by atoms with Gasteiger partial charge in [0.15, 0.2) is 0 Å². The van der Waals surface area contributed by atoms with E-state index in [4.69, 9.17) is 11.6 Å². The smallest absolute Gasteiger partial charge is 0.252 e. The molecule has 0 saturated carbocycles. The van der Waals surface area contributed by atoms with Crippen molar-refractivity contribution in [1.29, 1.82) is 0 Å². The Morgan fingerprint density at radius 1 is 1.41 bits per heavy atom. The summed E-state index contributed by atoms with van der Waals surface area (Å²) in [5.74, 6) is -0.890. The van der Waals surface area contributed by atoms with E-state index in [-0.39, 0.29) is 16.7 Å². The van der Waals surface area contributed by atoms with Gasteiger partial charge >= 0.3 is 0 Å². The minimum absolute atomic E-state index is 0.0598. The van der Waals surface area contributed by atoms with Gasteiger partial charge in [-0.1, -0.05) is 11.6 Å². The van der Waals surface area contributed by atoms with E-state index in [1.807, 2.05) is 0 Å². The number of hydrogen-bond acceptors (Lipinski definition) is 5. The molecule has 10 heteroatoms. The molecule has 1 heterocycles. The van der Waals surface area contributed by atoms with Crippen molar-refractivity contribution in [2.24, 2.45) is 0 Å². The van der Waals surface area contributed by atoms with Crippen LogP contribution in [0, 0.1) is 0 Å². The third kappa shape index (κ3) is 4.94. The molecule has 0 bridgehead atoms. The molecule has 0 unspecified atom stereocenters. The number of nitrogens with one attached hydrogen (secondary N) is 2. The summed E-state index contributed by atoms with van der Waals surface area (Å²) in [5, 5.41) is 5.01. The second-order valence-corrected chi connectivity index (χ2v) is 8.49. The van der Waals surface area contributed by atoms with Gasteiger partial charge in [-0.3, -0.25) is 9.59 Å². The van der Waals surface area contributed by atoms with Crippen LogP contribution in [0.1, 0.15) is 13.8 Å². The van der Waals surface area contributed by atoms with E-state index in [1.165, 1.54) is 26.1 Å². The van der Waals surface area contributed by atoms with Crippen LogP contribution in [0.2, 0.25) is 4.34 Å². The Bertz CT molecular complexity index is 645. The molecule has 0 fully saturated rings. The van der Waals surface area contributed by atoms with Crippen LogP contribution < -0.4 is 10.6 Å². The third-order valence-corrected chi connectivity index (χ3v) is 6.20. The number of hydrogen-bond donors (Lipinski definition) is 2. The quantitative estimate of drug-likeness (QED) is 0.740. The van der Waals surface area contributed by atoms with Crippen LogP contribution in [0.3, 0.4) is 0 Å². The van der Waals surface area contributed by atoms with E-state index in [1.54, 1.807) is 6.92 Å². The predicted molar refractivity (Wildman–Crippen MR) is 85.4 cm³/mol. The van der Waals surface area contributed by atoms with Crippen LogP contribution in [0.15, 0.2) is 16.3 Å². The minimum atomic E-state index is -3.77. The predicted octanol–water partition coefficient (Wildman–Crippen LogP) is 0.663. The molecular weight excluding hydrogens is 350 g/mol. The fourth-order valence-electron chi connectivity index (χ4n) is 1.56. The first-order valence-corrected chi connectivity index (χ1v) is 9.10. The molecule has 2 amide bonds. The molecule has 1 rings (SSSR count). The van der Waals surface area contributed by atoms with Crippen molar-refractivity contribution in [2.75, 3.05) is 20.1 Å². The fourth-order valence-corrected chi connectivity index (χ4v) is 4.38. The molecule has 0 aliphatic rings. The Morgan fingerprint density at radius 3 is 2.55 bits per heavy atom. The van der Waals surface area contributed by atoms with Crippen LogP contribution in [0.5, 0.6) is 0 Å². The highest BCUT2D eigenvalue weighted by Gasteiger charge is 2.25. The van der Waals surface area contributed by atoms with E-state index in [0.717, 1.165) is 15.6 Å². The first-order valence-electron chi connectivity index (χ1n) is 6.47. The second kappa shape index (κ2) is 7.91. The average Bonchev–Trinajstić information content (AvgIpc) is 2.86. The fraction of sp³-hybridized carbons (Fsp3) is 0.500. The molecule has 22 heavy (non-hydrogen) atoms. The van der Waals surface area contributed by atoms with E-state index >= 15 is 0 Å². The highest BCUT2D eigenvalue weighted by molar-refractivity contribution is 7.91. The maximum Gasteiger partial charge on any atom is 0.252 e. The number of carbonyl (C=O) groups excluding carboxylic acids is 2. The van der Waals surface area contributed by atoms with Gasteiger partial charge in [-0.25, -0.2) is 8.42 Å². The van der Waals surface area contributed by atoms with Crippen molar-refractivity contribution in [3.63, 3.8) is 0 Å². The number of halogens is 1. The molecule has 0 aromatic carbocycles. The molecular formula is C12H18ClN3O4S2. The summed E-state index contributed by atoms with van der Waals surface area (Å²) in [6.45, 7) is 3.35. The Kier molecular flexibility index (Phi) is 6.79. The number of nitrogens with zero attached hydrogens (tertiary/aromatic N) is 1. The molecule has 124 valence electrons. The maximum absolute atomic E-state index is 12.2. The Morgan fingerprint density at radius 2 is 2.05 bits per heavy atom. The molecule has 0 aliphatic carbocycles. The lowest BCUT2D eigenvalue weighted by Crippen LogP contribution is -2.48. The van der Waals surface area contributed by atoms with Gasteiger partial charge in [-0.15, -0.1) is 11.3 Å². The molecule has 1 atom stereocenters. The third-order valence-electron chi connectivity index (χ3n) is 2.70. The Hall–Kier alpha value is -1.16. The van der Waals surface area contributed by atoms with Gasteiger partial charge in [0.25, 0.3) is 10.0 Å². The van der Waals surface area contributed by atoms with Gasteiger partial charge in [-0.05, 0) is 26.0 Å². The van der Waals surface area contributed by atoms with E-state index in [2.05, 4.69) is 10.6 Å². The first kappa shape index (κ1) is 18.9. The molecule has 0 saturated heterocycles. The summed E-state index contributed by atoms with van der Waals surface area (Å²) in [7, 11) is -2.48. The number of sulfonamides is 1. The first-order chi connectivity index (χ1) is 10.2. The zero-order chi connectivity index (χ0) is 16.9. The molecule has 2 N–H and O–H groups in total. The summed E-state index contributed by atoms with van der Waals surface area (Å²) in [6.07, 6.45) is 0. The van der Waals surface area contributed by atoms with E-state index in [9.17, 15) is 18.0 Å². The highest BCUT2D eigenvalue weighted by atomic mass is 35.5. The summed E-state index contributed by atoms with van der Waals surface area (Å²) in [4.78, 5) is 23.4. The van der Waals surface area contributed by atoms with Gasteiger partial charge in [0.1, 0.15) is 10.3 Å². The van der Waals surface area contributed by atoms with Crippen LogP contribution in [0.25, 0.3) is 0 Å². The summed E-state index contributed by atoms with van der Waals surface area (Å²) >= 11 is 6.64.